The van der Waals surface area contributed by atoms with Gasteiger partial charge in [0, 0.05) is 6.42 Å². The molecule has 0 amide bonds. The Morgan fingerprint density at radius 2 is 1.79 bits per heavy atom. The lowest BCUT2D eigenvalue weighted by molar-refractivity contribution is -0.114. The van der Waals surface area contributed by atoms with E-state index in [-0.39, 0.29) is 5.78 Å². The van der Waals surface area contributed by atoms with Crippen LogP contribution < -0.4 is 0 Å². The number of hydrogen-bond donors (Lipinski definition) is 0. The Labute approximate surface area is 87.2 Å². The molecule has 0 N–H and O–H groups in total. The third-order valence-electron chi connectivity index (χ3n) is 1.63. The Kier molecular flexibility index (Phi) is 7.81. The van der Waals surface area contributed by atoms with Crippen molar-refractivity contribution in [3.63, 3.8) is 0 Å². The highest BCUT2D eigenvalue weighted by Crippen LogP contribution is 1.98. The fourth-order valence-corrected chi connectivity index (χ4v) is 1.01. The number of ketones is 1. The summed E-state index contributed by atoms with van der Waals surface area (Å²) in [7, 11) is 0. The minimum Gasteiger partial charge on any atom is -0.295 e. The highest BCUT2D eigenvalue weighted by atomic mass is 16.1. The maximum atomic E-state index is 11.2. The molecule has 0 aliphatic rings. The smallest absolute Gasteiger partial charge is 0.155 e. The lowest BCUT2D eigenvalue weighted by Crippen LogP contribution is -1.91. The Bertz CT molecular complexity index is 240. The quantitative estimate of drug-likeness (QED) is 0.462. The molecular weight excluding hydrogens is 172 g/mol. The van der Waals surface area contributed by atoms with Crippen molar-refractivity contribution in [2.45, 2.75) is 40.0 Å². The van der Waals surface area contributed by atoms with E-state index in [1.54, 1.807) is 6.08 Å². The van der Waals surface area contributed by atoms with E-state index in [0.29, 0.717) is 6.42 Å². The Hall–Kier alpha value is -1.11. The molecule has 78 valence electrons. The van der Waals surface area contributed by atoms with Gasteiger partial charge in [-0.1, -0.05) is 36.8 Å². The molecule has 0 aromatic carbocycles. The first-order valence-electron chi connectivity index (χ1n) is 5.16. The molecule has 0 spiro atoms. The minimum absolute atomic E-state index is 0.217. The molecule has 0 fully saturated rings. The van der Waals surface area contributed by atoms with E-state index in [2.05, 4.69) is 13.0 Å². The molecular formula is C13H20O. The average molecular weight is 192 g/mol. The normalized spacial score (nSPS) is 11.1. The van der Waals surface area contributed by atoms with Gasteiger partial charge in [0.25, 0.3) is 0 Å². The topological polar surface area (TPSA) is 17.1 Å². The van der Waals surface area contributed by atoms with E-state index < -0.39 is 0 Å². The monoisotopic (exact) mass is 192 g/mol. The van der Waals surface area contributed by atoms with Crippen molar-refractivity contribution in [2.75, 3.05) is 0 Å². The van der Waals surface area contributed by atoms with Crippen molar-refractivity contribution < 1.29 is 4.79 Å². The summed E-state index contributed by atoms with van der Waals surface area (Å²) in [4.78, 5) is 11.2. The largest absolute Gasteiger partial charge is 0.295 e. The number of allylic oxidation sites excluding steroid dienone is 6. The Morgan fingerprint density at radius 1 is 1.14 bits per heavy atom. The number of rotatable bonds is 6. The molecule has 14 heavy (non-hydrogen) atoms. The molecule has 0 aromatic heterocycles. The molecule has 0 unspecified atom stereocenters. The van der Waals surface area contributed by atoms with Crippen LogP contribution in [0.4, 0.5) is 0 Å². The van der Waals surface area contributed by atoms with Crippen LogP contribution in [0.25, 0.3) is 0 Å². The molecule has 0 saturated heterocycles. The second-order valence-electron chi connectivity index (χ2n) is 3.49. The SMILES string of the molecule is CCC=CC=CCCC(=O)C=C(C)C. The summed E-state index contributed by atoms with van der Waals surface area (Å²) in [6.45, 7) is 5.98. The summed E-state index contributed by atoms with van der Waals surface area (Å²) < 4.78 is 0. The number of carbonyl (C=O) groups excluding carboxylic acids is 1. The zero-order valence-corrected chi connectivity index (χ0v) is 9.42. The fraction of sp³-hybridized carbons (Fsp3) is 0.462. The number of hydrogen-bond acceptors (Lipinski definition) is 1. The van der Waals surface area contributed by atoms with Crippen LogP contribution in [0.15, 0.2) is 36.0 Å². The minimum atomic E-state index is 0.217. The van der Waals surface area contributed by atoms with Gasteiger partial charge in [0.2, 0.25) is 0 Å². The van der Waals surface area contributed by atoms with Gasteiger partial charge in [0.05, 0.1) is 0 Å². The summed E-state index contributed by atoms with van der Waals surface area (Å²) >= 11 is 0. The van der Waals surface area contributed by atoms with Crippen LogP contribution in [-0.4, -0.2) is 5.78 Å². The van der Waals surface area contributed by atoms with E-state index in [0.717, 1.165) is 18.4 Å². The average Bonchev–Trinajstić information content (AvgIpc) is 2.10. The van der Waals surface area contributed by atoms with E-state index >= 15 is 0 Å². The van der Waals surface area contributed by atoms with Crippen molar-refractivity contribution in [1.82, 2.24) is 0 Å². The standard InChI is InChI=1S/C13H20O/c1-4-5-6-7-8-9-10-13(14)11-12(2)3/h5-8,11H,4,9-10H2,1-3H3. The van der Waals surface area contributed by atoms with Crippen molar-refractivity contribution in [3.05, 3.63) is 36.0 Å². The van der Waals surface area contributed by atoms with Gasteiger partial charge in [-0.15, -0.1) is 0 Å². The molecule has 0 aliphatic carbocycles. The summed E-state index contributed by atoms with van der Waals surface area (Å²) in [5.74, 6) is 0.217. The zero-order chi connectivity index (χ0) is 10.8. The van der Waals surface area contributed by atoms with Crippen molar-refractivity contribution in [2.24, 2.45) is 0 Å². The van der Waals surface area contributed by atoms with E-state index in [9.17, 15) is 4.79 Å². The fourth-order valence-electron chi connectivity index (χ4n) is 1.01. The molecule has 0 bridgehead atoms. The summed E-state index contributed by atoms with van der Waals surface area (Å²) in [5, 5.41) is 0. The van der Waals surface area contributed by atoms with Gasteiger partial charge in [-0.3, -0.25) is 4.79 Å². The summed E-state index contributed by atoms with van der Waals surface area (Å²) in [6.07, 6.45) is 12.3. The molecule has 0 aliphatic heterocycles. The first kappa shape index (κ1) is 12.9. The van der Waals surface area contributed by atoms with E-state index in [1.165, 1.54) is 0 Å². The van der Waals surface area contributed by atoms with Gasteiger partial charge in [0.15, 0.2) is 5.78 Å². The predicted molar refractivity (Wildman–Crippen MR) is 62.2 cm³/mol. The molecule has 1 nitrogen and oxygen atoms in total. The van der Waals surface area contributed by atoms with Crippen LogP contribution >= 0.6 is 0 Å². The van der Waals surface area contributed by atoms with Gasteiger partial charge in [-0.2, -0.15) is 0 Å². The van der Waals surface area contributed by atoms with Crippen molar-refractivity contribution in [3.8, 4) is 0 Å². The van der Waals surface area contributed by atoms with E-state index in [1.807, 2.05) is 32.1 Å². The first-order valence-corrected chi connectivity index (χ1v) is 5.16. The summed E-state index contributed by atoms with van der Waals surface area (Å²) in [5.41, 5.74) is 1.07. The number of carbonyl (C=O) groups is 1. The van der Waals surface area contributed by atoms with Crippen molar-refractivity contribution in [1.29, 1.82) is 0 Å². The third kappa shape index (κ3) is 8.98. The molecule has 0 aromatic rings. The maximum Gasteiger partial charge on any atom is 0.155 e. The Balaban J connectivity index is 3.64. The molecule has 0 heterocycles. The summed E-state index contributed by atoms with van der Waals surface area (Å²) in [6, 6.07) is 0. The van der Waals surface area contributed by atoms with Crippen LogP contribution in [0.5, 0.6) is 0 Å². The predicted octanol–water partition coefficient (Wildman–Crippen LogP) is 3.82. The lowest BCUT2D eigenvalue weighted by atomic mass is 10.1. The van der Waals surface area contributed by atoms with Crippen LogP contribution in [0.1, 0.15) is 40.0 Å². The zero-order valence-electron chi connectivity index (χ0n) is 9.42. The maximum absolute atomic E-state index is 11.2. The third-order valence-corrected chi connectivity index (χ3v) is 1.63. The molecule has 0 atom stereocenters. The van der Waals surface area contributed by atoms with Crippen LogP contribution in [-0.2, 0) is 4.79 Å². The van der Waals surface area contributed by atoms with Gasteiger partial charge in [-0.25, -0.2) is 0 Å². The Morgan fingerprint density at radius 3 is 2.36 bits per heavy atom. The highest BCUT2D eigenvalue weighted by molar-refractivity contribution is 5.90. The van der Waals surface area contributed by atoms with Crippen LogP contribution in [0.2, 0.25) is 0 Å². The van der Waals surface area contributed by atoms with E-state index in [4.69, 9.17) is 0 Å². The second-order valence-corrected chi connectivity index (χ2v) is 3.49. The van der Waals surface area contributed by atoms with Crippen LogP contribution in [0.3, 0.4) is 0 Å². The second kappa shape index (κ2) is 8.49. The van der Waals surface area contributed by atoms with Crippen LogP contribution in [0, 0.1) is 0 Å². The molecule has 1 heteroatoms. The van der Waals surface area contributed by atoms with Gasteiger partial charge in [-0.05, 0) is 32.8 Å². The molecule has 0 rings (SSSR count). The van der Waals surface area contributed by atoms with Gasteiger partial charge in [0.1, 0.15) is 0 Å². The molecule has 0 saturated carbocycles. The van der Waals surface area contributed by atoms with Gasteiger partial charge >= 0.3 is 0 Å². The van der Waals surface area contributed by atoms with Gasteiger partial charge < -0.3 is 0 Å². The first-order chi connectivity index (χ1) is 6.66. The lowest BCUT2D eigenvalue weighted by Gasteiger charge is -1.91. The molecule has 0 radical (unpaired) electrons. The van der Waals surface area contributed by atoms with Crippen molar-refractivity contribution >= 4 is 5.78 Å². The highest BCUT2D eigenvalue weighted by Gasteiger charge is 1.93.